The van der Waals surface area contributed by atoms with Gasteiger partial charge < -0.3 is 4.74 Å². The number of hydrogen-bond donors (Lipinski definition) is 0. The summed E-state index contributed by atoms with van der Waals surface area (Å²) in [6.07, 6.45) is 7.96. The minimum absolute atomic E-state index is 0.139. The van der Waals surface area contributed by atoms with Crippen LogP contribution in [0.2, 0.25) is 0 Å². The van der Waals surface area contributed by atoms with Crippen molar-refractivity contribution in [3.63, 3.8) is 0 Å². The van der Waals surface area contributed by atoms with Crippen LogP contribution in [-0.2, 0) is 19.1 Å². The third-order valence-corrected chi connectivity index (χ3v) is 7.75. The molecule has 0 aromatic carbocycles. The highest BCUT2D eigenvalue weighted by molar-refractivity contribution is 5.95. The molecule has 0 heterocycles. The lowest BCUT2D eigenvalue weighted by Gasteiger charge is -2.56. The van der Waals surface area contributed by atoms with Crippen LogP contribution in [-0.4, -0.2) is 24.6 Å². The maximum Gasteiger partial charge on any atom is 0.316 e. The number of methoxy groups -OCH3 is 1. The first-order chi connectivity index (χ1) is 11.4. The van der Waals surface area contributed by atoms with E-state index >= 15 is 0 Å². The quantitative estimate of drug-likeness (QED) is 0.693. The fraction of sp³-hybridized carbons (Fsp3) is 0.750. The molecule has 0 bridgehead atoms. The standard InChI is InChI=1S/C20H26O4/c1-19-9-8-16-14(15(19)5-6-17(19)22)4-3-12-11-13(21)7-10-20(12,16)18(23)24-2/h11,14-16H,3-10H2,1-2H3/t14-,15-,16+,19+,20+/m0/s1. The second kappa shape index (κ2) is 5.27. The molecule has 4 rings (SSSR count). The SMILES string of the molecule is COC(=O)[C@]12CCC(=O)C=C1CC[C@@H]1[C@H]2CC[C@@]2(C)C(=O)CC[C@@H]12. The van der Waals surface area contributed by atoms with Gasteiger partial charge in [-0.3, -0.25) is 14.4 Å². The molecule has 0 spiro atoms. The van der Waals surface area contributed by atoms with Gasteiger partial charge in [-0.1, -0.05) is 6.92 Å². The van der Waals surface area contributed by atoms with Gasteiger partial charge in [-0.25, -0.2) is 0 Å². The maximum absolute atomic E-state index is 12.9. The van der Waals surface area contributed by atoms with Gasteiger partial charge in [0.2, 0.25) is 0 Å². The van der Waals surface area contributed by atoms with Crippen molar-refractivity contribution < 1.29 is 19.1 Å². The molecule has 24 heavy (non-hydrogen) atoms. The molecule has 0 saturated heterocycles. The molecule has 0 amide bonds. The van der Waals surface area contributed by atoms with E-state index < -0.39 is 5.41 Å². The maximum atomic E-state index is 12.9. The predicted octanol–water partition coefficient (Wildman–Crippen LogP) is 3.24. The molecule has 0 aromatic heterocycles. The Balaban J connectivity index is 1.78. The van der Waals surface area contributed by atoms with Crippen LogP contribution in [0.15, 0.2) is 11.6 Å². The van der Waals surface area contributed by atoms with Gasteiger partial charge in [-0.2, -0.15) is 0 Å². The lowest BCUT2D eigenvalue weighted by Crippen LogP contribution is -2.55. The molecule has 4 aliphatic carbocycles. The smallest absolute Gasteiger partial charge is 0.316 e. The molecule has 3 saturated carbocycles. The Morgan fingerprint density at radius 2 is 1.88 bits per heavy atom. The van der Waals surface area contributed by atoms with Gasteiger partial charge >= 0.3 is 5.97 Å². The summed E-state index contributed by atoms with van der Waals surface area (Å²) >= 11 is 0. The van der Waals surface area contributed by atoms with E-state index in [0.717, 1.165) is 37.7 Å². The van der Waals surface area contributed by atoms with Crippen LogP contribution in [0, 0.1) is 28.6 Å². The Hall–Kier alpha value is -1.45. The Morgan fingerprint density at radius 3 is 2.62 bits per heavy atom. The molecule has 5 atom stereocenters. The summed E-state index contributed by atoms with van der Waals surface area (Å²) in [7, 11) is 1.46. The van der Waals surface area contributed by atoms with Gasteiger partial charge in [-0.15, -0.1) is 0 Å². The van der Waals surface area contributed by atoms with Gasteiger partial charge in [0.05, 0.1) is 12.5 Å². The molecule has 4 aliphatic rings. The molecule has 0 N–H and O–H groups in total. The fourth-order valence-corrected chi connectivity index (χ4v) is 6.56. The number of hydrogen-bond acceptors (Lipinski definition) is 4. The first kappa shape index (κ1) is 16.0. The van der Waals surface area contributed by atoms with Gasteiger partial charge in [0, 0.05) is 18.3 Å². The fourth-order valence-electron chi connectivity index (χ4n) is 6.56. The summed E-state index contributed by atoms with van der Waals surface area (Å²) < 4.78 is 5.23. The Labute approximate surface area is 143 Å². The summed E-state index contributed by atoms with van der Waals surface area (Å²) in [5, 5.41) is 0. The van der Waals surface area contributed by atoms with E-state index in [1.165, 1.54) is 7.11 Å². The molecular formula is C20H26O4. The van der Waals surface area contributed by atoms with Crippen LogP contribution in [0.1, 0.15) is 58.3 Å². The zero-order chi connectivity index (χ0) is 17.1. The third-order valence-electron chi connectivity index (χ3n) is 7.75. The van der Waals surface area contributed by atoms with Crippen molar-refractivity contribution in [1.29, 1.82) is 0 Å². The van der Waals surface area contributed by atoms with Crippen molar-refractivity contribution in [2.24, 2.45) is 28.6 Å². The van der Waals surface area contributed by atoms with Crippen LogP contribution >= 0.6 is 0 Å². The molecule has 0 radical (unpaired) electrons. The van der Waals surface area contributed by atoms with E-state index in [2.05, 4.69) is 6.92 Å². The van der Waals surface area contributed by atoms with Crippen molar-refractivity contribution in [3.05, 3.63) is 11.6 Å². The number of Topliss-reactive ketones (excluding diaryl/α,β-unsaturated/α-hetero) is 1. The normalized spacial score (nSPS) is 44.2. The van der Waals surface area contributed by atoms with Gasteiger partial charge in [0.15, 0.2) is 5.78 Å². The summed E-state index contributed by atoms with van der Waals surface area (Å²) in [6, 6.07) is 0. The minimum atomic E-state index is -0.613. The monoisotopic (exact) mass is 330 g/mol. The van der Waals surface area contributed by atoms with Gasteiger partial charge in [-0.05, 0) is 67.9 Å². The lowest BCUT2D eigenvalue weighted by molar-refractivity contribution is -0.163. The zero-order valence-electron chi connectivity index (χ0n) is 14.6. The first-order valence-corrected chi connectivity index (χ1v) is 9.29. The molecule has 130 valence electrons. The average Bonchev–Trinajstić information content (AvgIpc) is 2.89. The number of ketones is 2. The van der Waals surface area contributed by atoms with Gasteiger partial charge in [0.1, 0.15) is 5.78 Å². The molecule has 4 nitrogen and oxygen atoms in total. The Morgan fingerprint density at radius 1 is 1.08 bits per heavy atom. The highest BCUT2D eigenvalue weighted by Gasteiger charge is 2.62. The lowest BCUT2D eigenvalue weighted by atomic mass is 9.47. The number of ether oxygens (including phenoxy) is 1. The van der Waals surface area contributed by atoms with E-state index in [9.17, 15) is 14.4 Å². The molecular weight excluding hydrogens is 304 g/mol. The van der Waals surface area contributed by atoms with Crippen LogP contribution in [0.5, 0.6) is 0 Å². The Bertz CT molecular complexity index is 648. The molecule has 0 unspecified atom stereocenters. The summed E-state index contributed by atoms with van der Waals surface area (Å²) in [6.45, 7) is 2.14. The predicted molar refractivity (Wildman–Crippen MR) is 88.1 cm³/mol. The average molecular weight is 330 g/mol. The van der Waals surface area contributed by atoms with Crippen LogP contribution in [0.25, 0.3) is 0 Å². The first-order valence-electron chi connectivity index (χ1n) is 9.29. The van der Waals surface area contributed by atoms with Crippen molar-refractivity contribution in [2.45, 2.75) is 58.3 Å². The van der Waals surface area contributed by atoms with Crippen LogP contribution < -0.4 is 0 Å². The van der Waals surface area contributed by atoms with E-state index in [1.54, 1.807) is 6.08 Å². The zero-order valence-corrected chi connectivity index (χ0v) is 14.6. The van der Waals surface area contributed by atoms with E-state index in [1.807, 2.05) is 0 Å². The minimum Gasteiger partial charge on any atom is -0.468 e. The number of carbonyl (C=O) groups excluding carboxylic acids is 3. The van der Waals surface area contributed by atoms with E-state index in [-0.39, 0.29) is 23.1 Å². The summed E-state index contributed by atoms with van der Waals surface area (Å²) in [5.41, 5.74) is 0.197. The summed E-state index contributed by atoms with van der Waals surface area (Å²) in [5.74, 6) is 1.41. The highest BCUT2D eigenvalue weighted by Crippen LogP contribution is 2.64. The number of rotatable bonds is 1. The molecule has 4 heteroatoms. The summed E-state index contributed by atoms with van der Waals surface area (Å²) in [4.78, 5) is 37.3. The highest BCUT2D eigenvalue weighted by atomic mass is 16.5. The van der Waals surface area contributed by atoms with Crippen molar-refractivity contribution in [3.8, 4) is 0 Å². The largest absolute Gasteiger partial charge is 0.468 e. The number of fused-ring (bicyclic) bond motifs is 5. The second-order valence-electron chi connectivity index (χ2n) is 8.43. The van der Waals surface area contributed by atoms with Crippen LogP contribution in [0.3, 0.4) is 0 Å². The molecule has 0 aliphatic heterocycles. The molecule has 3 fully saturated rings. The third kappa shape index (κ3) is 1.89. The molecule has 0 aromatic rings. The number of esters is 1. The van der Waals surface area contributed by atoms with Crippen molar-refractivity contribution in [2.75, 3.05) is 7.11 Å². The van der Waals surface area contributed by atoms with E-state index in [0.29, 0.717) is 36.9 Å². The van der Waals surface area contributed by atoms with Crippen molar-refractivity contribution in [1.82, 2.24) is 0 Å². The van der Waals surface area contributed by atoms with E-state index in [4.69, 9.17) is 4.74 Å². The topological polar surface area (TPSA) is 60.4 Å². The van der Waals surface area contributed by atoms with Gasteiger partial charge in [0.25, 0.3) is 0 Å². The second-order valence-corrected chi connectivity index (χ2v) is 8.43. The van der Waals surface area contributed by atoms with Crippen LogP contribution in [0.4, 0.5) is 0 Å². The van der Waals surface area contributed by atoms with Crippen molar-refractivity contribution >= 4 is 17.5 Å². The Kier molecular flexibility index (Phi) is 3.52. The number of carbonyl (C=O) groups is 3.